The highest BCUT2D eigenvalue weighted by molar-refractivity contribution is 7.18. The fourth-order valence-corrected chi connectivity index (χ4v) is 3.34. The second-order valence-electron chi connectivity index (χ2n) is 4.87. The molecule has 0 spiro atoms. The van der Waals surface area contributed by atoms with Crippen LogP contribution in [0, 0.1) is 6.92 Å². The summed E-state index contributed by atoms with van der Waals surface area (Å²) in [6.07, 6.45) is 3.67. The van der Waals surface area contributed by atoms with Gasteiger partial charge in [0.1, 0.15) is 11.9 Å². The maximum absolute atomic E-state index is 9.91. The zero-order valence-electron chi connectivity index (χ0n) is 10.4. The summed E-state index contributed by atoms with van der Waals surface area (Å²) in [4.78, 5) is 4.43. The molecule has 0 bridgehead atoms. The van der Waals surface area contributed by atoms with Gasteiger partial charge in [0.2, 0.25) is 0 Å². The van der Waals surface area contributed by atoms with E-state index >= 15 is 0 Å². The molecule has 0 aliphatic heterocycles. The Balaban J connectivity index is 1.81. The largest absolute Gasteiger partial charge is 0.488 e. The number of aliphatic hydroxyl groups is 1. The lowest BCUT2D eigenvalue weighted by Gasteiger charge is -2.28. The highest BCUT2D eigenvalue weighted by atomic mass is 32.1. The topological polar surface area (TPSA) is 42.4 Å². The third-order valence-corrected chi connectivity index (χ3v) is 4.36. The van der Waals surface area contributed by atoms with Crippen molar-refractivity contribution in [1.82, 2.24) is 4.98 Å². The van der Waals surface area contributed by atoms with Gasteiger partial charge in [-0.05, 0) is 44.4 Å². The van der Waals surface area contributed by atoms with Crippen LogP contribution in [0.25, 0.3) is 10.2 Å². The Bertz CT molecular complexity index is 552. The van der Waals surface area contributed by atoms with E-state index in [1.807, 2.05) is 25.1 Å². The summed E-state index contributed by atoms with van der Waals surface area (Å²) >= 11 is 1.68. The third-order valence-electron chi connectivity index (χ3n) is 3.42. The van der Waals surface area contributed by atoms with E-state index in [-0.39, 0.29) is 12.2 Å². The Hall–Kier alpha value is -1.13. The van der Waals surface area contributed by atoms with Crippen LogP contribution < -0.4 is 4.74 Å². The van der Waals surface area contributed by atoms with E-state index in [1.54, 1.807) is 11.3 Å². The lowest BCUT2D eigenvalue weighted by molar-refractivity contribution is 0.00695. The number of hydrogen-bond donors (Lipinski definition) is 1. The molecule has 1 unspecified atom stereocenters. The highest BCUT2D eigenvalue weighted by Gasteiger charge is 2.24. The van der Waals surface area contributed by atoms with E-state index < -0.39 is 0 Å². The first-order chi connectivity index (χ1) is 8.72. The monoisotopic (exact) mass is 263 g/mol. The number of thiazole rings is 1. The number of aromatic nitrogens is 1. The van der Waals surface area contributed by atoms with Crippen LogP contribution in [0.1, 0.15) is 30.7 Å². The molecule has 18 heavy (non-hydrogen) atoms. The van der Waals surface area contributed by atoms with Gasteiger partial charge in [-0.25, -0.2) is 4.98 Å². The standard InChI is InChI=1S/C14H17NO2S/c1-9-15-11-7-6-10(8-14(11)18-9)17-13-5-3-2-4-12(13)16/h6-8,12-13,16H,2-5H2,1H3/t12-,13?/m0/s1. The molecule has 1 aromatic carbocycles. The predicted octanol–water partition coefficient (Wildman–Crippen LogP) is 3.29. The van der Waals surface area contributed by atoms with Gasteiger partial charge in [-0.3, -0.25) is 0 Å². The van der Waals surface area contributed by atoms with Crippen LogP contribution in [0.5, 0.6) is 5.75 Å². The first kappa shape index (κ1) is 11.9. The summed E-state index contributed by atoms with van der Waals surface area (Å²) in [5.74, 6) is 0.845. The number of rotatable bonds is 2. The van der Waals surface area contributed by atoms with Crippen LogP contribution in [0.15, 0.2) is 18.2 Å². The number of nitrogens with zero attached hydrogens (tertiary/aromatic N) is 1. The first-order valence-corrected chi connectivity index (χ1v) is 7.26. The van der Waals surface area contributed by atoms with Crippen LogP contribution in [0.3, 0.4) is 0 Å². The van der Waals surface area contributed by atoms with Crippen LogP contribution in [0.2, 0.25) is 0 Å². The van der Waals surface area contributed by atoms with Crippen LogP contribution in [-0.4, -0.2) is 22.3 Å². The molecule has 4 heteroatoms. The van der Waals surface area contributed by atoms with Gasteiger partial charge in [0.05, 0.1) is 21.3 Å². The van der Waals surface area contributed by atoms with E-state index in [9.17, 15) is 5.11 Å². The summed E-state index contributed by atoms with van der Waals surface area (Å²) in [6.45, 7) is 2.01. The molecule has 1 fully saturated rings. The molecule has 0 saturated heterocycles. The second-order valence-corrected chi connectivity index (χ2v) is 6.11. The van der Waals surface area contributed by atoms with Gasteiger partial charge in [-0.15, -0.1) is 11.3 Å². The summed E-state index contributed by atoms with van der Waals surface area (Å²) in [6, 6.07) is 5.97. The Kier molecular flexibility index (Phi) is 3.22. The van der Waals surface area contributed by atoms with E-state index in [1.165, 1.54) is 0 Å². The van der Waals surface area contributed by atoms with E-state index in [4.69, 9.17) is 4.74 Å². The van der Waals surface area contributed by atoms with Crippen molar-refractivity contribution in [1.29, 1.82) is 0 Å². The van der Waals surface area contributed by atoms with Crippen molar-refractivity contribution >= 4 is 21.6 Å². The fourth-order valence-electron chi connectivity index (χ4n) is 2.48. The van der Waals surface area contributed by atoms with Gasteiger partial charge in [0.15, 0.2) is 0 Å². The molecule has 0 radical (unpaired) electrons. The van der Waals surface area contributed by atoms with Crippen molar-refractivity contribution in [2.45, 2.75) is 44.8 Å². The molecule has 3 nitrogen and oxygen atoms in total. The van der Waals surface area contributed by atoms with Gasteiger partial charge in [0.25, 0.3) is 0 Å². The maximum atomic E-state index is 9.91. The fraction of sp³-hybridized carbons (Fsp3) is 0.500. The number of benzene rings is 1. The molecule has 2 aromatic rings. The second kappa shape index (κ2) is 4.86. The summed E-state index contributed by atoms with van der Waals surface area (Å²) in [5, 5.41) is 11.0. The smallest absolute Gasteiger partial charge is 0.124 e. The zero-order valence-corrected chi connectivity index (χ0v) is 11.2. The Labute approximate surface area is 110 Å². The van der Waals surface area contributed by atoms with Crippen molar-refractivity contribution < 1.29 is 9.84 Å². The SMILES string of the molecule is Cc1nc2ccc(OC3CCCC[C@@H]3O)cc2s1. The van der Waals surface area contributed by atoms with E-state index in [2.05, 4.69) is 4.98 Å². The Morgan fingerprint density at radius 2 is 2.17 bits per heavy atom. The molecular weight excluding hydrogens is 246 g/mol. The first-order valence-electron chi connectivity index (χ1n) is 6.44. The van der Waals surface area contributed by atoms with Gasteiger partial charge in [-0.1, -0.05) is 6.42 Å². The van der Waals surface area contributed by atoms with Crippen molar-refractivity contribution in [3.8, 4) is 5.75 Å². The Morgan fingerprint density at radius 1 is 1.33 bits per heavy atom. The predicted molar refractivity (Wildman–Crippen MR) is 73.2 cm³/mol. The number of aliphatic hydroxyl groups excluding tert-OH is 1. The molecular formula is C14H17NO2S. The number of hydrogen-bond acceptors (Lipinski definition) is 4. The van der Waals surface area contributed by atoms with Gasteiger partial charge < -0.3 is 9.84 Å². The molecule has 1 saturated carbocycles. The number of ether oxygens (including phenoxy) is 1. The average Bonchev–Trinajstić information content (AvgIpc) is 2.71. The average molecular weight is 263 g/mol. The Morgan fingerprint density at radius 3 is 3.00 bits per heavy atom. The molecule has 0 amide bonds. The minimum atomic E-state index is -0.322. The van der Waals surface area contributed by atoms with Crippen LogP contribution in [0.4, 0.5) is 0 Å². The zero-order chi connectivity index (χ0) is 12.5. The summed E-state index contributed by atoms with van der Waals surface area (Å²) in [7, 11) is 0. The highest BCUT2D eigenvalue weighted by Crippen LogP contribution is 2.29. The minimum absolute atomic E-state index is 0.0507. The summed E-state index contributed by atoms with van der Waals surface area (Å²) < 4.78 is 7.06. The molecule has 1 aromatic heterocycles. The molecule has 2 atom stereocenters. The molecule has 96 valence electrons. The molecule has 1 aliphatic rings. The normalized spacial score (nSPS) is 24.3. The lowest BCUT2D eigenvalue weighted by Crippen LogP contribution is -2.34. The number of aryl methyl sites for hydroxylation is 1. The third kappa shape index (κ3) is 2.35. The van der Waals surface area contributed by atoms with E-state index in [0.717, 1.165) is 46.7 Å². The van der Waals surface area contributed by atoms with Gasteiger partial charge in [0, 0.05) is 0 Å². The van der Waals surface area contributed by atoms with Crippen LogP contribution in [-0.2, 0) is 0 Å². The lowest BCUT2D eigenvalue weighted by atomic mass is 9.95. The molecule has 1 N–H and O–H groups in total. The van der Waals surface area contributed by atoms with Crippen molar-refractivity contribution in [2.24, 2.45) is 0 Å². The van der Waals surface area contributed by atoms with Crippen LogP contribution >= 0.6 is 11.3 Å². The van der Waals surface area contributed by atoms with Gasteiger partial charge >= 0.3 is 0 Å². The quantitative estimate of drug-likeness (QED) is 0.904. The molecule has 3 rings (SSSR count). The number of fused-ring (bicyclic) bond motifs is 1. The van der Waals surface area contributed by atoms with Crippen molar-refractivity contribution in [3.05, 3.63) is 23.2 Å². The summed E-state index contributed by atoms with van der Waals surface area (Å²) in [5.41, 5.74) is 1.02. The van der Waals surface area contributed by atoms with Crippen molar-refractivity contribution in [2.75, 3.05) is 0 Å². The minimum Gasteiger partial charge on any atom is -0.488 e. The van der Waals surface area contributed by atoms with Crippen molar-refractivity contribution in [3.63, 3.8) is 0 Å². The van der Waals surface area contributed by atoms with Gasteiger partial charge in [-0.2, -0.15) is 0 Å². The molecule has 1 heterocycles. The maximum Gasteiger partial charge on any atom is 0.124 e. The molecule has 1 aliphatic carbocycles. The van der Waals surface area contributed by atoms with E-state index in [0.29, 0.717) is 0 Å².